The number of anilines is 2. The van der Waals surface area contributed by atoms with E-state index in [0.29, 0.717) is 22.2 Å². The maximum absolute atomic E-state index is 12.7. The summed E-state index contributed by atoms with van der Waals surface area (Å²) in [5, 5.41) is 12.5. The van der Waals surface area contributed by atoms with Crippen molar-refractivity contribution in [2.45, 2.75) is 19.8 Å². The van der Waals surface area contributed by atoms with Gasteiger partial charge in [0.1, 0.15) is 0 Å². The first-order chi connectivity index (χ1) is 12.5. The maximum Gasteiger partial charge on any atom is 0.335 e. The van der Waals surface area contributed by atoms with E-state index in [2.05, 4.69) is 17.1 Å². The smallest absolute Gasteiger partial charge is 0.335 e. The molecular formula is C20H21ClN2O3. The largest absolute Gasteiger partial charge is 0.478 e. The number of nitrogens with one attached hydrogen (secondary N) is 1. The van der Waals surface area contributed by atoms with Crippen LogP contribution in [0, 0.1) is 5.92 Å². The Morgan fingerprint density at radius 1 is 1.23 bits per heavy atom. The number of rotatable bonds is 4. The minimum Gasteiger partial charge on any atom is -0.478 e. The number of piperidine rings is 1. The number of carboxylic acids is 1. The molecule has 0 saturated carbocycles. The number of aromatic carboxylic acids is 1. The van der Waals surface area contributed by atoms with Gasteiger partial charge in [-0.25, -0.2) is 4.79 Å². The number of nitrogens with zero attached hydrogens (tertiary/aromatic N) is 1. The Kier molecular flexibility index (Phi) is 5.47. The average molecular weight is 373 g/mol. The Labute approximate surface area is 157 Å². The number of hydrogen-bond acceptors (Lipinski definition) is 3. The molecule has 1 heterocycles. The maximum atomic E-state index is 12.7. The summed E-state index contributed by atoms with van der Waals surface area (Å²) >= 11 is 6.11. The van der Waals surface area contributed by atoms with E-state index >= 15 is 0 Å². The molecule has 2 aromatic rings. The van der Waals surface area contributed by atoms with Gasteiger partial charge in [0.25, 0.3) is 5.91 Å². The minimum absolute atomic E-state index is 0.133. The number of hydrogen-bond donors (Lipinski definition) is 2. The van der Waals surface area contributed by atoms with Crippen LogP contribution < -0.4 is 10.2 Å². The number of carboxylic acid groups (broad SMARTS) is 1. The summed E-state index contributed by atoms with van der Waals surface area (Å²) in [6, 6.07) is 11.6. The lowest BCUT2D eigenvalue weighted by atomic mass is 9.99. The van der Waals surface area contributed by atoms with Crippen LogP contribution >= 0.6 is 11.6 Å². The van der Waals surface area contributed by atoms with Crippen molar-refractivity contribution in [2.24, 2.45) is 5.92 Å². The molecule has 2 N–H and O–H groups in total. The molecule has 6 heteroatoms. The van der Waals surface area contributed by atoms with Gasteiger partial charge in [-0.2, -0.15) is 0 Å². The number of carbonyl (C=O) groups is 2. The van der Waals surface area contributed by atoms with Crippen molar-refractivity contribution in [3.8, 4) is 0 Å². The van der Waals surface area contributed by atoms with Crippen LogP contribution in [-0.4, -0.2) is 30.1 Å². The second-order valence-electron chi connectivity index (χ2n) is 6.66. The monoisotopic (exact) mass is 372 g/mol. The van der Waals surface area contributed by atoms with E-state index in [1.165, 1.54) is 12.5 Å². The van der Waals surface area contributed by atoms with Crippen molar-refractivity contribution in [1.29, 1.82) is 0 Å². The molecule has 136 valence electrons. The van der Waals surface area contributed by atoms with Gasteiger partial charge in [-0.1, -0.05) is 30.7 Å². The van der Waals surface area contributed by atoms with E-state index in [0.717, 1.165) is 25.2 Å². The van der Waals surface area contributed by atoms with E-state index in [1.807, 2.05) is 0 Å². The highest BCUT2D eigenvalue weighted by atomic mass is 35.5. The average Bonchev–Trinajstić information content (AvgIpc) is 2.62. The Morgan fingerprint density at radius 2 is 2.00 bits per heavy atom. The van der Waals surface area contributed by atoms with Gasteiger partial charge in [0.05, 0.1) is 27.5 Å². The predicted molar refractivity (Wildman–Crippen MR) is 103 cm³/mol. The zero-order chi connectivity index (χ0) is 18.7. The van der Waals surface area contributed by atoms with E-state index in [-0.39, 0.29) is 11.5 Å². The first-order valence-corrected chi connectivity index (χ1v) is 9.01. The lowest BCUT2D eigenvalue weighted by Gasteiger charge is -2.34. The summed E-state index contributed by atoms with van der Waals surface area (Å²) in [7, 11) is 0. The second kappa shape index (κ2) is 7.79. The number of benzene rings is 2. The Bertz CT molecular complexity index is 838. The minimum atomic E-state index is -1.03. The Hall–Kier alpha value is -2.53. The van der Waals surface area contributed by atoms with Crippen molar-refractivity contribution in [1.82, 2.24) is 0 Å². The van der Waals surface area contributed by atoms with Gasteiger partial charge in [-0.05, 0) is 49.1 Å². The van der Waals surface area contributed by atoms with Crippen LogP contribution in [0.2, 0.25) is 5.02 Å². The van der Waals surface area contributed by atoms with Gasteiger partial charge in [-0.3, -0.25) is 4.79 Å². The molecular weight excluding hydrogens is 352 g/mol. The highest BCUT2D eigenvalue weighted by Crippen LogP contribution is 2.32. The van der Waals surface area contributed by atoms with Crippen molar-refractivity contribution in [3.05, 3.63) is 58.6 Å². The van der Waals surface area contributed by atoms with Crippen LogP contribution in [-0.2, 0) is 0 Å². The summed E-state index contributed by atoms with van der Waals surface area (Å²) in [4.78, 5) is 26.2. The lowest BCUT2D eigenvalue weighted by molar-refractivity contribution is 0.0696. The third-order valence-corrected chi connectivity index (χ3v) is 4.94. The van der Waals surface area contributed by atoms with Gasteiger partial charge >= 0.3 is 5.97 Å². The van der Waals surface area contributed by atoms with Gasteiger partial charge < -0.3 is 15.3 Å². The van der Waals surface area contributed by atoms with Crippen molar-refractivity contribution < 1.29 is 14.7 Å². The summed E-state index contributed by atoms with van der Waals surface area (Å²) in [5.74, 6) is -0.837. The number of halogens is 1. The predicted octanol–water partition coefficient (Wildman–Crippen LogP) is 4.53. The normalized spacial score (nSPS) is 17.0. The first kappa shape index (κ1) is 18.3. The van der Waals surface area contributed by atoms with E-state index < -0.39 is 5.97 Å². The van der Waals surface area contributed by atoms with Crippen LogP contribution in [0.4, 0.5) is 11.4 Å². The first-order valence-electron chi connectivity index (χ1n) is 8.64. The second-order valence-corrected chi connectivity index (χ2v) is 7.07. The van der Waals surface area contributed by atoms with Crippen molar-refractivity contribution in [2.75, 3.05) is 23.3 Å². The molecule has 0 aliphatic carbocycles. The van der Waals surface area contributed by atoms with E-state index in [9.17, 15) is 14.7 Å². The molecule has 0 aromatic heterocycles. The fourth-order valence-corrected chi connectivity index (χ4v) is 3.51. The number of carbonyl (C=O) groups excluding carboxylic acids is 1. The molecule has 3 rings (SSSR count). The fraction of sp³-hybridized carbons (Fsp3) is 0.300. The Balaban J connectivity index is 1.95. The molecule has 0 unspecified atom stereocenters. The molecule has 1 saturated heterocycles. The van der Waals surface area contributed by atoms with Gasteiger partial charge in [0, 0.05) is 13.1 Å². The number of amides is 1. The van der Waals surface area contributed by atoms with Crippen molar-refractivity contribution in [3.63, 3.8) is 0 Å². The van der Waals surface area contributed by atoms with Crippen molar-refractivity contribution >= 4 is 34.9 Å². The molecule has 0 spiro atoms. The standard InChI is InChI=1S/C20H21ClN2O3/c1-13-5-4-10-23(12-13)18-9-8-14(20(25)26)11-17(18)22-19(24)15-6-2-3-7-16(15)21/h2-3,6-9,11,13H,4-5,10,12H2,1H3,(H,22,24)(H,25,26)/t13-/m1/s1. The van der Waals surface area contributed by atoms with Gasteiger partial charge in [0.15, 0.2) is 0 Å². The highest BCUT2D eigenvalue weighted by Gasteiger charge is 2.21. The van der Waals surface area contributed by atoms with E-state index in [1.54, 1.807) is 36.4 Å². The summed E-state index contributed by atoms with van der Waals surface area (Å²) in [6.45, 7) is 3.95. The van der Waals surface area contributed by atoms with Crippen LogP contribution in [0.25, 0.3) is 0 Å². The highest BCUT2D eigenvalue weighted by molar-refractivity contribution is 6.34. The quantitative estimate of drug-likeness (QED) is 0.827. The molecule has 26 heavy (non-hydrogen) atoms. The third-order valence-electron chi connectivity index (χ3n) is 4.61. The van der Waals surface area contributed by atoms with Crippen LogP contribution in [0.1, 0.15) is 40.5 Å². The van der Waals surface area contributed by atoms with Gasteiger partial charge in [-0.15, -0.1) is 0 Å². The SMILES string of the molecule is C[C@@H]1CCCN(c2ccc(C(=O)O)cc2NC(=O)c2ccccc2Cl)C1. The van der Waals surface area contributed by atoms with Crippen LogP contribution in [0.3, 0.4) is 0 Å². The fourth-order valence-electron chi connectivity index (χ4n) is 3.29. The topological polar surface area (TPSA) is 69.6 Å². The summed E-state index contributed by atoms with van der Waals surface area (Å²) in [6.07, 6.45) is 2.24. The molecule has 2 aromatic carbocycles. The zero-order valence-corrected chi connectivity index (χ0v) is 15.3. The molecule has 0 bridgehead atoms. The van der Waals surface area contributed by atoms with Crippen LogP contribution in [0.15, 0.2) is 42.5 Å². The summed E-state index contributed by atoms with van der Waals surface area (Å²) in [5.41, 5.74) is 1.81. The molecule has 1 aliphatic heterocycles. The molecule has 5 nitrogen and oxygen atoms in total. The molecule has 1 aliphatic rings. The molecule has 0 radical (unpaired) electrons. The lowest BCUT2D eigenvalue weighted by Crippen LogP contribution is -2.35. The molecule has 1 atom stereocenters. The molecule has 1 amide bonds. The Morgan fingerprint density at radius 3 is 2.69 bits per heavy atom. The zero-order valence-electron chi connectivity index (χ0n) is 14.5. The summed E-state index contributed by atoms with van der Waals surface area (Å²) < 4.78 is 0. The van der Waals surface area contributed by atoms with E-state index in [4.69, 9.17) is 11.6 Å². The third kappa shape index (κ3) is 3.99. The van der Waals surface area contributed by atoms with Crippen LogP contribution in [0.5, 0.6) is 0 Å². The molecule has 1 fully saturated rings. The van der Waals surface area contributed by atoms with Gasteiger partial charge in [0.2, 0.25) is 0 Å².